The summed E-state index contributed by atoms with van der Waals surface area (Å²) >= 11 is 0. The normalized spacial score (nSPS) is 16.9. The molecule has 0 bridgehead atoms. The van der Waals surface area contributed by atoms with Gasteiger partial charge in [-0.1, -0.05) is 64.1 Å². The van der Waals surface area contributed by atoms with Gasteiger partial charge in [0, 0.05) is 5.56 Å². The molecule has 1 aliphatic rings. The standard InChI is InChI=1S/C30H34O5/c1-29(2)13-14-30(3,4)26-16-22(9-11-25(26)29)24-15-21(10-12-27(24)35-18-23(32)17-31)19-5-7-20(8-6-19)28(33)34/h5-12,15-16,23,31-32H,13-14,17-18H2,1-4H3,(H,33,34). The average molecular weight is 475 g/mol. The van der Waals surface area contributed by atoms with E-state index in [0.29, 0.717) is 5.75 Å². The van der Waals surface area contributed by atoms with E-state index in [2.05, 4.69) is 45.9 Å². The minimum Gasteiger partial charge on any atom is -0.490 e. The second-order valence-electron chi connectivity index (χ2n) is 10.8. The van der Waals surface area contributed by atoms with Crippen LogP contribution in [0, 0.1) is 0 Å². The van der Waals surface area contributed by atoms with Crippen molar-refractivity contribution in [2.45, 2.75) is 57.5 Å². The molecule has 0 saturated heterocycles. The van der Waals surface area contributed by atoms with Gasteiger partial charge in [0.05, 0.1) is 12.2 Å². The van der Waals surface area contributed by atoms with Gasteiger partial charge in [-0.15, -0.1) is 0 Å². The van der Waals surface area contributed by atoms with Crippen LogP contribution in [0.2, 0.25) is 0 Å². The zero-order valence-corrected chi connectivity index (χ0v) is 20.8. The van der Waals surface area contributed by atoms with Crippen LogP contribution in [-0.2, 0) is 10.8 Å². The highest BCUT2D eigenvalue weighted by molar-refractivity contribution is 5.88. The van der Waals surface area contributed by atoms with Crippen molar-refractivity contribution in [2.75, 3.05) is 13.2 Å². The van der Waals surface area contributed by atoms with Crippen LogP contribution in [0.3, 0.4) is 0 Å². The second kappa shape index (κ2) is 9.48. The van der Waals surface area contributed by atoms with Crippen LogP contribution < -0.4 is 4.74 Å². The number of fused-ring (bicyclic) bond motifs is 1. The lowest BCUT2D eigenvalue weighted by atomic mass is 9.63. The van der Waals surface area contributed by atoms with E-state index in [1.165, 1.54) is 11.1 Å². The number of carbonyl (C=O) groups is 1. The van der Waals surface area contributed by atoms with E-state index in [4.69, 9.17) is 4.74 Å². The topological polar surface area (TPSA) is 87.0 Å². The lowest BCUT2D eigenvalue weighted by Crippen LogP contribution is -2.33. The Bertz CT molecular complexity index is 1220. The Morgan fingerprint density at radius 1 is 0.857 bits per heavy atom. The van der Waals surface area contributed by atoms with Gasteiger partial charge < -0.3 is 20.1 Å². The Morgan fingerprint density at radius 2 is 1.46 bits per heavy atom. The first-order valence-corrected chi connectivity index (χ1v) is 12.1. The third-order valence-electron chi connectivity index (χ3n) is 7.25. The van der Waals surface area contributed by atoms with Gasteiger partial charge in [-0.25, -0.2) is 4.79 Å². The van der Waals surface area contributed by atoms with E-state index < -0.39 is 12.1 Å². The van der Waals surface area contributed by atoms with Crippen molar-refractivity contribution in [3.8, 4) is 28.0 Å². The number of aromatic carboxylic acids is 1. The Hall–Kier alpha value is -3.15. The van der Waals surface area contributed by atoms with Crippen LogP contribution in [0.15, 0.2) is 60.7 Å². The number of aliphatic hydroxyl groups is 2. The number of benzene rings is 3. The summed E-state index contributed by atoms with van der Waals surface area (Å²) in [4.78, 5) is 11.2. The van der Waals surface area contributed by atoms with Crippen LogP contribution in [0.4, 0.5) is 0 Å². The summed E-state index contributed by atoms with van der Waals surface area (Å²) in [7, 11) is 0. The van der Waals surface area contributed by atoms with Gasteiger partial charge in [0.2, 0.25) is 0 Å². The van der Waals surface area contributed by atoms with Crippen molar-refractivity contribution in [1.82, 2.24) is 0 Å². The molecule has 3 N–H and O–H groups in total. The summed E-state index contributed by atoms with van der Waals surface area (Å²) in [6.07, 6.45) is 1.29. The fourth-order valence-corrected chi connectivity index (χ4v) is 4.86. The first-order valence-electron chi connectivity index (χ1n) is 12.1. The van der Waals surface area contributed by atoms with Crippen LogP contribution in [-0.4, -0.2) is 40.6 Å². The molecule has 3 aromatic carbocycles. The zero-order chi connectivity index (χ0) is 25.4. The summed E-state index contributed by atoms with van der Waals surface area (Å²) < 4.78 is 5.93. The molecule has 0 fully saturated rings. The Balaban J connectivity index is 1.82. The van der Waals surface area contributed by atoms with E-state index in [9.17, 15) is 20.1 Å². The SMILES string of the molecule is CC1(C)CCC(C)(C)c2cc(-c3cc(-c4ccc(C(=O)O)cc4)ccc3OCC(O)CO)ccc21. The molecule has 0 radical (unpaired) electrons. The number of hydrogen-bond donors (Lipinski definition) is 3. The largest absolute Gasteiger partial charge is 0.490 e. The third-order valence-corrected chi connectivity index (χ3v) is 7.25. The smallest absolute Gasteiger partial charge is 0.335 e. The Kier molecular flexibility index (Phi) is 6.76. The highest BCUT2D eigenvalue weighted by atomic mass is 16.5. The van der Waals surface area contributed by atoms with E-state index in [-0.39, 0.29) is 29.6 Å². The number of carboxylic acids is 1. The lowest BCUT2D eigenvalue weighted by molar-refractivity contribution is 0.0538. The van der Waals surface area contributed by atoms with Gasteiger partial charge in [0.15, 0.2) is 0 Å². The van der Waals surface area contributed by atoms with E-state index in [1.54, 1.807) is 24.3 Å². The van der Waals surface area contributed by atoms with E-state index in [0.717, 1.165) is 35.1 Å². The maximum atomic E-state index is 11.2. The molecular weight excluding hydrogens is 440 g/mol. The molecule has 0 saturated carbocycles. The fourth-order valence-electron chi connectivity index (χ4n) is 4.86. The van der Waals surface area contributed by atoms with Crippen molar-refractivity contribution < 1.29 is 24.9 Å². The van der Waals surface area contributed by atoms with Crippen LogP contribution >= 0.6 is 0 Å². The molecular formula is C30H34O5. The quantitative estimate of drug-likeness (QED) is 0.403. The summed E-state index contributed by atoms with van der Waals surface area (Å²) in [5.41, 5.74) is 6.86. The maximum absolute atomic E-state index is 11.2. The molecule has 35 heavy (non-hydrogen) atoms. The number of ether oxygens (including phenoxy) is 1. The number of aliphatic hydroxyl groups excluding tert-OH is 2. The zero-order valence-electron chi connectivity index (χ0n) is 20.8. The summed E-state index contributed by atoms with van der Waals surface area (Å²) in [5.74, 6) is -0.334. The van der Waals surface area contributed by atoms with Gasteiger partial charge in [0.25, 0.3) is 0 Å². The minimum absolute atomic E-state index is 0.0143. The monoisotopic (exact) mass is 474 g/mol. The fraction of sp³-hybridized carbons (Fsp3) is 0.367. The molecule has 0 heterocycles. The molecule has 0 amide bonds. The van der Waals surface area contributed by atoms with Crippen molar-refractivity contribution in [3.05, 3.63) is 77.4 Å². The number of hydrogen-bond acceptors (Lipinski definition) is 4. The molecule has 0 aromatic heterocycles. The van der Waals surface area contributed by atoms with Gasteiger partial charge >= 0.3 is 5.97 Å². The maximum Gasteiger partial charge on any atom is 0.335 e. The van der Waals surface area contributed by atoms with Gasteiger partial charge in [-0.2, -0.15) is 0 Å². The van der Waals surface area contributed by atoms with Crippen molar-refractivity contribution >= 4 is 5.97 Å². The molecule has 1 atom stereocenters. The average Bonchev–Trinajstić information content (AvgIpc) is 2.85. The molecule has 1 unspecified atom stereocenters. The molecule has 0 aliphatic heterocycles. The lowest BCUT2D eigenvalue weighted by Gasteiger charge is -2.42. The highest BCUT2D eigenvalue weighted by Gasteiger charge is 2.37. The Morgan fingerprint density at radius 3 is 2.09 bits per heavy atom. The molecule has 0 spiro atoms. The molecule has 5 heteroatoms. The molecule has 5 nitrogen and oxygen atoms in total. The summed E-state index contributed by atoms with van der Waals surface area (Å²) in [6, 6.07) is 19.3. The van der Waals surface area contributed by atoms with E-state index in [1.807, 2.05) is 18.2 Å². The van der Waals surface area contributed by atoms with Gasteiger partial charge in [0.1, 0.15) is 18.5 Å². The molecule has 3 aromatic rings. The summed E-state index contributed by atoms with van der Waals surface area (Å²) in [5, 5.41) is 28.3. The third kappa shape index (κ3) is 5.12. The highest BCUT2D eigenvalue weighted by Crippen LogP contribution is 2.47. The first-order chi connectivity index (χ1) is 16.5. The molecule has 4 rings (SSSR count). The predicted molar refractivity (Wildman–Crippen MR) is 138 cm³/mol. The van der Waals surface area contributed by atoms with Crippen LogP contribution in [0.25, 0.3) is 22.3 Å². The predicted octanol–water partition coefficient (Wildman–Crippen LogP) is 5.80. The first kappa shape index (κ1) is 25.0. The van der Waals surface area contributed by atoms with Crippen LogP contribution in [0.5, 0.6) is 5.75 Å². The Labute approximate surface area is 207 Å². The van der Waals surface area contributed by atoms with Crippen molar-refractivity contribution in [3.63, 3.8) is 0 Å². The van der Waals surface area contributed by atoms with Gasteiger partial charge in [-0.3, -0.25) is 0 Å². The number of rotatable bonds is 7. The molecule has 184 valence electrons. The van der Waals surface area contributed by atoms with Crippen LogP contribution in [0.1, 0.15) is 62.0 Å². The van der Waals surface area contributed by atoms with Gasteiger partial charge in [-0.05, 0) is 75.8 Å². The van der Waals surface area contributed by atoms with Crippen molar-refractivity contribution in [2.24, 2.45) is 0 Å². The molecule has 1 aliphatic carbocycles. The minimum atomic E-state index is -0.964. The summed E-state index contributed by atoms with van der Waals surface area (Å²) in [6.45, 7) is 8.80. The number of carboxylic acid groups (broad SMARTS) is 1. The van der Waals surface area contributed by atoms with E-state index >= 15 is 0 Å². The van der Waals surface area contributed by atoms with Crippen molar-refractivity contribution in [1.29, 1.82) is 0 Å². The second-order valence-corrected chi connectivity index (χ2v) is 10.8.